The lowest BCUT2D eigenvalue weighted by Gasteiger charge is -2.10. The summed E-state index contributed by atoms with van der Waals surface area (Å²) >= 11 is 12.3. The molecule has 21 heavy (non-hydrogen) atoms. The topological polar surface area (TPSA) is 55.4 Å². The molecule has 0 fully saturated rings. The van der Waals surface area contributed by atoms with E-state index in [0.29, 0.717) is 4.34 Å². The first-order valence-corrected chi connectivity index (χ1v) is 8.36. The van der Waals surface area contributed by atoms with Crippen LogP contribution in [0, 0.1) is 0 Å². The second-order valence-corrected chi connectivity index (χ2v) is 7.72. The molecule has 0 bridgehead atoms. The van der Waals surface area contributed by atoms with E-state index >= 15 is 0 Å². The molecule has 2 aromatic rings. The van der Waals surface area contributed by atoms with Crippen molar-refractivity contribution in [3.8, 4) is 5.75 Å². The molecule has 0 atom stereocenters. The molecule has 1 aromatic carbocycles. The van der Waals surface area contributed by atoms with Crippen LogP contribution in [-0.2, 0) is 10.0 Å². The van der Waals surface area contributed by atoms with Gasteiger partial charge in [-0.05, 0) is 30.3 Å². The SMILES string of the molecule is O=S(=O)(Nc1ccc(OC(F)F)c(Cl)c1)c1ccc(Cl)s1. The maximum Gasteiger partial charge on any atom is 0.387 e. The van der Waals surface area contributed by atoms with Crippen LogP contribution in [0.25, 0.3) is 0 Å². The average Bonchev–Trinajstić information content (AvgIpc) is 2.79. The van der Waals surface area contributed by atoms with Crippen LogP contribution in [0.15, 0.2) is 34.5 Å². The van der Waals surface area contributed by atoms with E-state index in [-0.39, 0.29) is 20.7 Å². The molecule has 0 amide bonds. The predicted octanol–water partition coefficient (Wildman–Crippen LogP) is 4.46. The number of sulfonamides is 1. The molecule has 0 saturated carbocycles. The van der Waals surface area contributed by atoms with Gasteiger partial charge in [-0.3, -0.25) is 4.72 Å². The Morgan fingerprint density at radius 1 is 1.19 bits per heavy atom. The Labute approximate surface area is 133 Å². The van der Waals surface area contributed by atoms with Gasteiger partial charge in [0.25, 0.3) is 10.0 Å². The number of hydrogen-bond donors (Lipinski definition) is 1. The minimum Gasteiger partial charge on any atom is -0.433 e. The largest absolute Gasteiger partial charge is 0.433 e. The quantitative estimate of drug-likeness (QED) is 0.841. The first kappa shape index (κ1) is 16.3. The van der Waals surface area contributed by atoms with Crippen molar-refractivity contribution in [2.45, 2.75) is 10.8 Å². The van der Waals surface area contributed by atoms with Crippen LogP contribution in [-0.4, -0.2) is 15.0 Å². The highest BCUT2D eigenvalue weighted by Gasteiger charge is 2.18. The molecule has 0 aliphatic rings. The molecule has 0 aliphatic carbocycles. The van der Waals surface area contributed by atoms with E-state index in [0.717, 1.165) is 17.4 Å². The Bertz CT molecular complexity index is 750. The Balaban J connectivity index is 2.22. The van der Waals surface area contributed by atoms with Crippen molar-refractivity contribution in [2.24, 2.45) is 0 Å². The van der Waals surface area contributed by atoms with Crippen LogP contribution >= 0.6 is 34.5 Å². The fourth-order valence-electron chi connectivity index (χ4n) is 1.40. The van der Waals surface area contributed by atoms with E-state index in [1.165, 1.54) is 24.3 Å². The number of benzene rings is 1. The summed E-state index contributed by atoms with van der Waals surface area (Å²) in [5.74, 6) is -0.242. The summed E-state index contributed by atoms with van der Waals surface area (Å²) < 4.78 is 55.0. The molecule has 0 radical (unpaired) electrons. The van der Waals surface area contributed by atoms with Crippen molar-refractivity contribution in [2.75, 3.05) is 4.72 Å². The van der Waals surface area contributed by atoms with Crippen molar-refractivity contribution in [1.82, 2.24) is 0 Å². The van der Waals surface area contributed by atoms with Gasteiger partial charge in [-0.15, -0.1) is 11.3 Å². The van der Waals surface area contributed by atoms with Crippen molar-refractivity contribution in [3.05, 3.63) is 39.7 Å². The first-order valence-electron chi connectivity index (χ1n) is 5.30. The maximum absolute atomic E-state index is 12.1. The Kier molecular flexibility index (Phi) is 4.92. The fourth-order valence-corrected chi connectivity index (χ4v) is 4.16. The zero-order chi connectivity index (χ0) is 15.6. The smallest absolute Gasteiger partial charge is 0.387 e. The monoisotopic (exact) mass is 373 g/mol. The third-order valence-electron chi connectivity index (χ3n) is 2.21. The molecular formula is C11H7Cl2F2NO3S2. The summed E-state index contributed by atoms with van der Waals surface area (Å²) in [5.41, 5.74) is 0.117. The van der Waals surface area contributed by atoms with Gasteiger partial charge in [0.1, 0.15) is 9.96 Å². The molecule has 1 N–H and O–H groups in total. The van der Waals surface area contributed by atoms with Gasteiger partial charge in [-0.25, -0.2) is 8.42 Å². The third-order valence-corrected chi connectivity index (χ3v) is 5.61. The summed E-state index contributed by atoms with van der Waals surface area (Å²) in [4.78, 5) is 0. The number of thiophene rings is 1. The normalized spacial score (nSPS) is 11.7. The third kappa shape index (κ3) is 4.19. The summed E-state index contributed by atoms with van der Waals surface area (Å²) in [6.45, 7) is -3.02. The van der Waals surface area contributed by atoms with Gasteiger partial charge in [-0.1, -0.05) is 23.2 Å². The van der Waals surface area contributed by atoms with Gasteiger partial charge in [0, 0.05) is 0 Å². The Hall–Kier alpha value is -1.09. The Morgan fingerprint density at radius 2 is 1.90 bits per heavy atom. The van der Waals surface area contributed by atoms with Gasteiger partial charge >= 0.3 is 6.61 Å². The number of ether oxygens (including phenoxy) is 1. The van der Waals surface area contributed by atoms with Crippen LogP contribution < -0.4 is 9.46 Å². The second kappa shape index (κ2) is 6.35. The molecule has 0 aliphatic heterocycles. The second-order valence-electron chi connectivity index (χ2n) is 3.69. The molecule has 0 saturated heterocycles. The van der Waals surface area contributed by atoms with Crippen molar-refractivity contribution >= 4 is 50.2 Å². The lowest BCUT2D eigenvalue weighted by Crippen LogP contribution is -2.11. The van der Waals surface area contributed by atoms with Crippen molar-refractivity contribution < 1.29 is 21.9 Å². The minimum absolute atomic E-state index is 0.0246. The standard InChI is InChI=1S/C11H7Cl2F2NO3S2/c12-7-5-6(1-2-8(7)19-11(14)15)16-21(17,18)10-4-3-9(13)20-10/h1-5,11,16H. The highest BCUT2D eigenvalue weighted by atomic mass is 35.5. The minimum atomic E-state index is -3.81. The summed E-state index contributed by atoms with van der Waals surface area (Å²) in [6.07, 6.45) is 0. The number of hydrogen-bond acceptors (Lipinski definition) is 4. The number of anilines is 1. The number of rotatable bonds is 5. The predicted molar refractivity (Wildman–Crippen MR) is 78.2 cm³/mol. The molecule has 10 heteroatoms. The zero-order valence-corrected chi connectivity index (χ0v) is 13.2. The summed E-state index contributed by atoms with van der Waals surface area (Å²) in [6, 6.07) is 6.38. The van der Waals surface area contributed by atoms with Gasteiger partial charge < -0.3 is 4.74 Å². The molecule has 1 heterocycles. The van der Waals surface area contributed by atoms with E-state index in [4.69, 9.17) is 23.2 Å². The van der Waals surface area contributed by atoms with Gasteiger partial charge in [0.05, 0.1) is 15.0 Å². The summed E-state index contributed by atoms with van der Waals surface area (Å²) in [5, 5.41) is -0.139. The number of nitrogens with one attached hydrogen (secondary N) is 1. The van der Waals surface area contributed by atoms with Gasteiger partial charge in [0.15, 0.2) is 0 Å². The van der Waals surface area contributed by atoms with Crippen molar-refractivity contribution in [1.29, 1.82) is 0 Å². The fraction of sp³-hybridized carbons (Fsp3) is 0.0909. The van der Waals surface area contributed by atoms with Gasteiger partial charge in [0.2, 0.25) is 0 Å². The van der Waals surface area contributed by atoms with E-state index in [9.17, 15) is 17.2 Å². The van der Waals surface area contributed by atoms with E-state index < -0.39 is 16.6 Å². The maximum atomic E-state index is 12.1. The Morgan fingerprint density at radius 3 is 2.43 bits per heavy atom. The first-order chi connectivity index (χ1) is 9.78. The van der Waals surface area contributed by atoms with E-state index in [1.807, 2.05) is 0 Å². The lowest BCUT2D eigenvalue weighted by atomic mass is 10.3. The molecule has 0 spiro atoms. The number of alkyl halides is 2. The van der Waals surface area contributed by atoms with Gasteiger partial charge in [-0.2, -0.15) is 8.78 Å². The highest BCUT2D eigenvalue weighted by molar-refractivity contribution is 7.94. The highest BCUT2D eigenvalue weighted by Crippen LogP contribution is 2.31. The van der Waals surface area contributed by atoms with E-state index in [2.05, 4.69) is 9.46 Å². The van der Waals surface area contributed by atoms with Crippen LogP contribution in [0.5, 0.6) is 5.75 Å². The lowest BCUT2D eigenvalue weighted by molar-refractivity contribution is -0.0497. The molecule has 0 unspecified atom stereocenters. The van der Waals surface area contributed by atoms with Crippen LogP contribution in [0.4, 0.5) is 14.5 Å². The molecular weight excluding hydrogens is 367 g/mol. The van der Waals surface area contributed by atoms with Crippen LogP contribution in [0.1, 0.15) is 0 Å². The molecule has 114 valence electrons. The van der Waals surface area contributed by atoms with E-state index in [1.54, 1.807) is 0 Å². The molecule has 1 aromatic heterocycles. The summed E-state index contributed by atoms with van der Waals surface area (Å²) in [7, 11) is -3.81. The number of halogens is 4. The zero-order valence-electron chi connectivity index (χ0n) is 10.0. The average molecular weight is 374 g/mol. The van der Waals surface area contributed by atoms with Crippen LogP contribution in [0.3, 0.4) is 0 Å². The van der Waals surface area contributed by atoms with Crippen molar-refractivity contribution in [3.63, 3.8) is 0 Å². The molecule has 2 rings (SSSR count). The van der Waals surface area contributed by atoms with Crippen LogP contribution in [0.2, 0.25) is 9.36 Å². The molecule has 4 nitrogen and oxygen atoms in total.